The second kappa shape index (κ2) is 5.10. The Morgan fingerprint density at radius 3 is 2.24 bits per heavy atom. The lowest BCUT2D eigenvalue weighted by molar-refractivity contribution is -0.145. The van der Waals surface area contributed by atoms with E-state index in [9.17, 15) is 14.4 Å². The van der Waals surface area contributed by atoms with E-state index in [4.69, 9.17) is 16.7 Å². The van der Waals surface area contributed by atoms with Gasteiger partial charge in [0.15, 0.2) is 5.12 Å². The lowest BCUT2D eigenvalue weighted by Crippen LogP contribution is -2.61. The predicted molar refractivity (Wildman–Crippen MR) is 64.6 cm³/mol. The van der Waals surface area contributed by atoms with Gasteiger partial charge in [-0.15, -0.1) is 11.6 Å². The van der Waals surface area contributed by atoms with Crippen LogP contribution in [0, 0.1) is 0 Å². The van der Waals surface area contributed by atoms with Crippen LogP contribution in [0.15, 0.2) is 11.3 Å². The minimum Gasteiger partial charge on any atom is -0.477 e. The number of β-lactam (4-membered cyclic amide) rings is 1. The molecule has 0 spiro atoms. The Morgan fingerprint density at radius 2 is 1.88 bits per heavy atom. The summed E-state index contributed by atoms with van der Waals surface area (Å²) in [5, 5.41) is 7.35. The van der Waals surface area contributed by atoms with Gasteiger partial charge in [-0.05, 0) is 19.4 Å². The van der Waals surface area contributed by atoms with E-state index in [0.717, 1.165) is 16.7 Å². The van der Waals surface area contributed by atoms with Crippen molar-refractivity contribution in [1.82, 2.24) is 4.90 Å². The van der Waals surface area contributed by atoms with Crippen LogP contribution in [0.25, 0.3) is 0 Å². The zero-order chi connectivity index (χ0) is 13.3. The van der Waals surface area contributed by atoms with Crippen LogP contribution in [0.5, 0.6) is 0 Å². The molecule has 5 nitrogen and oxygen atoms in total. The first-order valence-corrected chi connectivity index (χ1v) is 6.14. The number of thioether (sulfide) groups is 1. The SMILES string of the molecule is CC(=O)S[C@@H]1[C@@H](Cl)C(=O)N1C(C(=O)O)=C(C)C. The quantitative estimate of drug-likeness (QED) is 0.480. The third-order valence-electron chi connectivity index (χ3n) is 2.18. The van der Waals surface area contributed by atoms with Gasteiger partial charge in [-0.1, -0.05) is 11.8 Å². The summed E-state index contributed by atoms with van der Waals surface area (Å²) >= 11 is 6.64. The number of carboxylic acids is 1. The standard InChI is InChI=1S/C10H12ClNO4S/c1-4(2)7(10(15)16)12-8(14)6(11)9(12)17-5(3)13/h6,9H,1-3H3,(H,15,16)/t6-,9+/m0/s1. The zero-order valence-corrected chi connectivity index (χ0v) is 11.1. The van der Waals surface area contributed by atoms with Crippen LogP contribution in [0.3, 0.4) is 0 Å². The summed E-state index contributed by atoms with van der Waals surface area (Å²) in [5.74, 6) is -1.68. The maximum atomic E-state index is 11.6. The number of allylic oxidation sites excluding steroid dienone is 1. The number of aliphatic carboxylic acids is 1. The van der Waals surface area contributed by atoms with E-state index in [1.807, 2.05) is 0 Å². The zero-order valence-electron chi connectivity index (χ0n) is 9.56. The van der Waals surface area contributed by atoms with Gasteiger partial charge < -0.3 is 5.11 Å². The first-order chi connectivity index (χ1) is 7.77. The van der Waals surface area contributed by atoms with Crippen molar-refractivity contribution in [3.8, 4) is 0 Å². The lowest BCUT2D eigenvalue weighted by Gasteiger charge is -2.43. The summed E-state index contributed by atoms with van der Waals surface area (Å²) in [7, 11) is 0. The Morgan fingerprint density at radius 1 is 1.35 bits per heavy atom. The minimum absolute atomic E-state index is 0.106. The summed E-state index contributed by atoms with van der Waals surface area (Å²) in [4.78, 5) is 34.7. The number of hydrogen-bond donors (Lipinski definition) is 1. The van der Waals surface area contributed by atoms with E-state index in [1.54, 1.807) is 13.8 Å². The largest absolute Gasteiger partial charge is 0.477 e. The van der Waals surface area contributed by atoms with Crippen molar-refractivity contribution in [2.75, 3.05) is 0 Å². The van der Waals surface area contributed by atoms with Crippen molar-refractivity contribution >= 4 is 40.4 Å². The van der Waals surface area contributed by atoms with Crippen LogP contribution in [-0.4, -0.2) is 37.7 Å². The number of carbonyl (C=O) groups excluding carboxylic acids is 2. The van der Waals surface area contributed by atoms with Gasteiger partial charge >= 0.3 is 5.97 Å². The number of halogens is 1. The Kier molecular flexibility index (Phi) is 4.21. The van der Waals surface area contributed by atoms with Gasteiger partial charge in [0.2, 0.25) is 5.91 Å². The molecule has 1 rings (SSSR count). The van der Waals surface area contributed by atoms with Crippen molar-refractivity contribution in [2.45, 2.75) is 31.5 Å². The molecule has 7 heteroatoms. The van der Waals surface area contributed by atoms with Gasteiger partial charge in [0.25, 0.3) is 0 Å². The molecule has 1 saturated heterocycles. The number of likely N-dealkylation sites (tertiary alicyclic amines) is 1. The van der Waals surface area contributed by atoms with Crippen LogP contribution in [-0.2, 0) is 14.4 Å². The maximum Gasteiger partial charge on any atom is 0.352 e. The first-order valence-electron chi connectivity index (χ1n) is 4.82. The molecule has 0 bridgehead atoms. The minimum atomic E-state index is -1.20. The number of alkyl halides is 1. The number of nitrogens with zero attached hydrogens (tertiary/aromatic N) is 1. The summed E-state index contributed by atoms with van der Waals surface area (Å²) < 4.78 is 0. The summed E-state index contributed by atoms with van der Waals surface area (Å²) in [6.07, 6.45) is 0. The third kappa shape index (κ3) is 2.63. The van der Waals surface area contributed by atoms with E-state index < -0.39 is 22.6 Å². The number of carboxylic acid groups (broad SMARTS) is 1. The van der Waals surface area contributed by atoms with Gasteiger partial charge in [-0.2, -0.15) is 0 Å². The van der Waals surface area contributed by atoms with Crippen molar-refractivity contribution in [3.05, 3.63) is 11.3 Å². The molecule has 1 heterocycles. The Balaban J connectivity index is 3.03. The average Bonchev–Trinajstić information content (AvgIpc) is 2.20. The molecule has 0 radical (unpaired) electrons. The van der Waals surface area contributed by atoms with Crippen molar-refractivity contribution < 1.29 is 19.5 Å². The molecule has 0 saturated carbocycles. The highest BCUT2D eigenvalue weighted by Gasteiger charge is 2.50. The van der Waals surface area contributed by atoms with Crippen LogP contribution >= 0.6 is 23.4 Å². The van der Waals surface area contributed by atoms with E-state index in [2.05, 4.69) is 0 Å². The van der Waals surface area contributed by atoms with Crippen LogP contribution < -0.4 is 0 Å². The molecule has 1 amide bonds. The molecule has 94 valence electrons. The molecule has 0 aromatic carbocycles. The number of carbonyl (C=O) groups is 3. The lowest BCUT2D eigenvalue weighted by atomic mass is 10.1. The predicted octanol–water partition coefficient (Wildman–Crippen LogP) is 1.42. The fraction of sp³-hybridized carbons (Fsp3) is 0.500. The molecule has 2 atom stereocenters. The van der Waals surface area contributed by atoms with E-state index >= 15 is 0 Å². The van der Waals surface area contributed by atoms with E-state index in [1.165, 1.54) is 6.92 Å². The Bertz CT molecular complexity index is 417. The van der Waals surface area contributed by atoms with Gasteiger partial charge in [0.1, 0.15) is 16.4 Å². The molecule has 1 N–H and O–H groups in total. The molecule has 0 aromatic rings. The molecular formula is C10H12ClNO4S. The monoisotopic (exact) mass is 277 g/mol. The van der Waals surface area contributed by atoms with Crippen molar-refractivity contribution in [2.24, 2.45) is 0 Å². The average molecular weight is 278 g/mol. The Labute approximate surface area is 108 Å². The van der Waals surface area contributed by atoms with Gasteiger partial charge in [0.05, 0.1) is 0 Å². The number of rotatable bonds is 3. The highest BCUT2D eigenvalue weighted by atomic mass is 35.5. The molecule has 1 aliphatic heterocycles. The number of hydrogen-bond acceptors (Lipinski definition) is 4. The van der Waals surface area contributed by atoms with Gasteiger partial charge in [-0.3, -0.25) is 14.5 Å². The smallest absolute Gasteiger partial charge is 0.352 e. The summed E-state index contributed by atoms with van der Waals surface area (Å²) in [6, 6.07) is 0. The maximum absolute atomic E-state index is 11.6. The summed E-state index contributed by atoms with van der Waals surface area (Å²) in [5.41, 5.74) is 0.384. The van der Waals surface area contributed by atoms with Gasteiger partial charge in [-0.25, -0.2) is 4.79 Å². The molecular weight excluding hydrogens is 266 g/mol. The molecule has 1 fully saturated rings. The normalized spacial score (nSPS) is 23.1. The molecule has 0 aromatic heterocycles. The van der Waals surface area contributed by atoms with Crippen LogP contribution in [0.4, 0.5) is 0 Å². The molecule has 0 unspecified atom stereocenters. The highest BCUT2D eigenvalue weighted by Crippen LogP contribution is 2.38. The summed E-state index contributed by atoms with van der Waals surface area (Å²) in [6.45, 7) is 4.53. The fourth-order valence-electron chi connectivity index (χ4n) is 1.51. The topological polar surface area (TPSA) is 74.7 Å². The second-order valence-corrected chi connectivity index (χ2v) is 5.53. The number of amides is 1. The molecule has 17 heavy (non-hydrogen) atoms. The molecule has 1 aliphatic rings. The van der Waals surface area contributed by atoms with E-state index in [0.29, 0.717) is 5.57 Å². The van der Waals surface area contributed by atoms with Crippen LogP contribution in [0.1, 0.15) is 20.8 Å². The Hall–Kier alpha value is -1.01. The first kappa shape index (κ1) is 14.1. The van der Waals surface area contributed by atoms with Crippen molar-refractivity contribution in [3.63, 3.8) is 0 Å². The van der Waals surface area contributed by atoms with Gasteiger partial charge in [0, 0.05) is 6.92 Å². The third-order valence-corrected chi connectivity index (χ3v) is 3.81. The molecule has 0 aliphatic carbocycles. The van der Waals surface area contributed by atoms with Crippen molar-refractivity contribution in [1.29, 1.82) is 0 Å². The fourth-order valence-corrected chi connectivity index (χ4v) is 2.77. The highest BCUT2D eigenvalue weighted by molar-refractivity contribution is 8.14. The van der Waals surface area contributed by atoms with Crippen LogP contribution in [0.2, 0.25) is 0 Å². The second-order valence-electron chi connectivity index (χ2n) is 3.76. The van der Waals surface area contributed by atoms with E-state index in [-0.39, 0.29) is 10.8 Å².